The molecule has 2 aromatic rings. The van der Waals surface area contributed by atoms with E-state index < -0.39 is 0 Å². The second kappa shape index (κ2) is 5.01. The molecule has 1 atom stereocenters. The third-order valence-corrected chi connectivity index (χ3v) is 2.84. The molecule has 0 bridgehead atoms. The Bertz CT molecular complexity index is 492. The normalized spacial score (nSPS) is 12.6. The van der Waals surface area contributed by atoms with E-state index in [-0.39, 0.29) is 0 Å². The lowest BCUT2D eigenvalue weighted by atomic mass is 10.1. The van der Waals surface area contributed by atoms with E-state index in [0.717, 1.165) is 24.4 Å². The molecule has 0 aliphatic carbocycles. The molecule has 0 aliphatic heterocycles. The summed E-state index contributed by atoms with van der Waals surface area (Å²) in [4.78, 5) is 8.63. The molecule has 2 aromatic heterocycles. The van der Waals surface area contributed by atoms with E-state index in [1.807, 2.05) is 10.6 Å². The first kappa shape index (κ1) is 11.7. The van der Waals surface area contributed by atoms with Gasteiger partial charge in [0, 0.05) is 18.9 Å². The van der Waals surface area contributed by atoms with Crippen LogP contribution in [0.5, 0.6) is 0 Å². The first-order chi connectivity index (χ1) is 8.24. The van der Waals surface area contributed by atoms with E-state index >= 15 is 0 Å². The number of hydrogen-bond acceptors (Lipinski definition) is 5. The van der Waals surface area contributed by atoms with Gasteiger partial charge in [-0.25, -0.2) is 15.8 Å². The predicted octanol–water partition coefficient (Wildman–Crippen LogP) is 1.47. The van der Waals surface area contributed by atoms with Gasteiger partial charge >= 0.3 is 0 Å². The lowest BCUT2D eigenvalue weighted by molar-refractivity contribution is 0.592. The fourth-order valence-electron chi connectivity index (χ4n) is 1.54. The number of nitrogens with two attached hydrogens (primary N) is 1. The first-order valence-corrected chi connectivity index (χ1v) is 5.78. The number of nitrogens with zero attached hydrogens (tertiary/aromatic N) is 3. The minimum Gasteiger partial charge on any atom is -0.367 e. The summed E-state index contributed by atoms with van der Waals surface area (Å²) in [5.74, 6) is 7.35. The monoisotopic (exact) mass is 234 g/mol. The molecule has 2 heterocycles. The number of rotatable bonds is 5. The van der Waals surface area contributed by atoms with E-state index in [0.29, 0.717) is 11.7 Å². The number of aromatic nitrogens is 3. The number of imidazole rings is 1. The molecule has 6 nitrogen and oxygen atoms in total. The van der Waals surface area contributed by atoms with Crippen molar-refractivity contribution in [1.29, 1.82) is 0 Å². The van der Waals surface area contributed by atoms with Crippen LogP contribution in [0.25, 0.3) is 5.65 Å². The van der Waals surface area contributed by atoms with Crippen LogP contribution in [-0.4, -0.2) is 20.9 Å². The second-order valence-corrected chi connectivity index (χ2v) is 4.17. The standard InChI is InChI=1S/C11H18N6/c1-3-8(2)6-14-10-11-13-4-5-17(11)7-9(15-10)16-12/h4-5,7-8,16H,3,6,12H2,1-2H3,(H,14,15). The number of anilines is 2. The van der Waals surface area contributed by atoms with Gasteiger partial charge in [-0.15, -0.1) is 0 Å². The fraction of sp³-hybridized carbons (Fsp3) is 0.455. The quantitative estimate of drug-likeness (QED) is 0.539. The first-order valence-electron chi connectivity index (χ1n) is 5.78. The van der Waals surface area contributed by atoms with Gasteiger partial charge in [-0.1, -0.05) is 20.3 Å². The SMILES string of the molecule is CCC(C)CNc1nc(NN)cn2ccnc12. The van der Waals surface area contributed by atoms with Crippen molar-refractivity contribution in [2.24, 2.45) is 11.8 Å². The Morgan fingerprint density at radius 1 is 1.53 bits per heavy atom. The highest BCUT2D eigenvalue weighted by molar-refractivity contribution is 5.65. The van der Waals surface area contributed by atoms with Crippen molar-refractivity contribution < 1.29 is 0 Å². The second-order valence-electron chi connectivity index (χ2n) is 4.17. The molecule has 0 saturated carbocycles. The van der Waals surface area contributed by atoms with Crippen molar-refractivity contribution >= 4 is 17.3 Å². The summed E-state index contributed by atoms with van der Waals surface area (Å²) in [6.07, 6.45) is 6.54. The lowest BCUT2D eigenvalue weighted by Gasteiger charge is -2.12. The van der Waals surface area contributed by atoms with Crippen molar-refractivity contribution in [2.75, 3.05) is 17.3 Å². The van der Waals surface area contributed by atoms with Crippen LogP contribution in [0, 0.1) is 5.92 Å². The molecule has 0 radical (unpaired) electrons. The van der Waals surface area contributed by atoms with Crippen molar-refractivity contribution in [3.63, 3.8) is 0 Å². The molecular formula is C11H18N6. The Labute approximate surface area is 100 Å². The average molecular weight is 234 g/mol. The smallest absolute Gasteiger partial charge is 0.180 e. The average Bonchev–Trinajstić information content (AvgIpc) is 2.83. The summed E-state index contributed by atoms with van der Waals surface area (Å²) in [5.41, 5.74) is 3.36. The minimum atomic E-state index is 0.598. The summed E-state index contributed by atoms with van der Waals surface area (Å²) < 4.78 is 1.89. The molecule has 0 aliphatic rings. The van der Waals surface area contributed by atoms with Crippen LogP contribution in [0.2, 0.25) is 0 Å². The molecule has 0 spiro atoms. The van der Waals surface area contributed by atoms with Gasteiger partial charge in [-0.2, -0.15) is 0 Å². The lowest BCUT2D eigenvalue weighted by Crippen LogP contribution is -2.15. The minimum absolute atomic E-state index is 0.598. The number of hydrazine groups is 1. The largest absolute Gasteiger partial charge is 0.367 e. The fourth-order valence-corrected chi connectivity index (χ4v) is 1.54. The van der Waals surface area contributed by atoms with E-state index in [1.54, 1.807) is 12.4 Å². The summed E-state index contributed by atoms with van der Waals surface area (Å²) in [6.45, 7) is 5.24. The van der Waals surface area contributed by atoms with Gasteiger partial charge < -0.3 is 15.1 Å². The van der Waals surface area contributed by atoms with Crippen LogP contribution < -0.4 is 16.6 Å². The number of hydrogen-bond donors (Lipinski definition) is 3. The molecular weight excluding hydrogens is 216 g/mol. The zero-order chi connectivity index (χ0) is 12.3. The highest BCUT2D eigenvalue weighted by Gasteiger charge is 2.07. The predicted molar refractivity (Wildman–Crippen MR) is 68.7 cm³/mol. The highest BCUT2D eigenvalue weighted by atomic mass is 15.3. The number of nitrogen functional groups attached to an aromatic ring is 1. The summed E-state index contributed by atoms with van der Waals surface area (Å²) in [5, 5.41) is 3.31. The molecule has 0 fully saturated rings. The molecule has 0 aromatic carbocycles. The van der Waals surface area contributed by atoms with Crippen molar-refractivity contribution in [3.05, 3.63) is 18.6 Å². The number of fused-ring (bicyclic) bond motifs is 1. The van der Waals surface area contributed by atoms with Gasteiger partial charge in [0.05, 0.1) is 6.20 Å². The Morgan fingerprint density at radius 3 is 3.06 bits per heavy atom. The topological polar surface area (TPSA) is 80.3 Å². The van der Waals surface area contributed by atoms with Gasteiger partial charge in [0.15, 0.2) is 17.3 Å². The summed E-state index contributed by atoms with van der Waals surface area (Å²) >= 11 is 0. The molecule has 0 saturated heterocycles. The zero-order valence-electron chi connectivity index (χ0n) is 10.1. The van der Waals surface area contributed by atoms with Gasteiger partial charge in [0.2, 0.25) is 0 Å². The van der Waals surface area contributed by atoms with E-state index in [4.69, 9.17) is 5.84 Å². The maximum Gasteiger partial charge on any atom is 0.180 e. The molecule has 6 heteroatoms. The zero-order valence-corrected chi connectivity index (χ0v) is 10.1. The Balaban J connectivity index is 2.27. The third kappa shape index (κ3) is 2.47. The van der Waals surface area contributed by atoms with Crippen molar-refractivity contribution in [2.45, 2.75) is 20.3 Å². The van der Waals surface area contributed by atoms with Crippen LogP contribution in [0.3, 0.4) is 0 Å². The van der Waals surface area contributed by atoms with Gasteiger partial charge in [-0.3, -0.25) is 0 Å². The molecule has 1 unspecified atom stereocenters. The van der Waals surface area contributed by atoms with Crippen molar-refractivity contribution in [1.82, 2.24) is 14.4 Å². The maximum atomic E-state index is 5.39. The van der Waals surface area contributed by atoms with Crippen LogP contribution in [0.1, 0.15) is 20.3 Å². The molecule has 2 rings (SSSR count). The molecule has 4 N–H and O–H groups in total. The molecule has 92 valence electrons. The highest BCUT2D eigenvalue weighted by Crippen LogP contribution is 2.16. The Morgan fingerprint density at radius 2 is 2.35 bits per heavy atom. The molecule has 17 heavy (non-hydrogen) atoms. The van der Waals surface area contributed by atoms with Gasteiger partial charge in [-0.05, 0) is 5.92 Å². The van der Waals surface area contributed by atoms with Crippen LogP contribution in [0.4, 0.5) is 11.6 Å². The molecule has 0 amide bonds. The van der Waals surface area contributed by atoms with Crippen LogP contribution in [-0.2, 0) is 0 Å². The van der Waals surface area contributed by atoms with Crippen LogP contribution in [0.15, 0.2) is 18.6 Å². The van der Waals surface area contributed by atoms with Gasteiger partial charge in [0.25, 0.3) is 0 Å². The maximum absolute atomic E-state index is 5.39. The van der Waals surface area contributed by atoms with Crippen LogP contribution >= 0.6 is 0 Å². The summed E-state index contributed by atoms with van der Waals surface area (Å²) in [7, 11) is 0. The van der Waals surface area contributed by atoms with E-state index in [2.05, 4.69) is 34.6 Å². The Hall–Kier alpha value is -1.82. The Kier molecular flexibility index (Phi) is 3.43. The van der Waals surface area contributed by atoms with Crippen molar-refractivity contribution in [3.8, 4) is 0 Å². The number of nitrogens with one attached hydrogen (secondary N) is 2. The van der Waals surface area contributed by atoms with Gasteiger partial charge in [0.1, 0.15) is 0 Å². The van der Waals surface area contributed by atoms with E-state index in [1.165, 1.54) is 0 Å². The van der Waals surface area contributed by atoms with E-state index in [9.17, 15) is 0 Å². The third-order valence-electron chi connectivity index (χ3n) is 2.84. The summed E-state index contributed by atoms with van der Waals surface area (Å²) in [6, 6.07) is 0.